The molecule has 0 spiro atoms. The fraction of sp³-hybridized carbons (Fsp3) is 0.188. The highest BCUT2D eigenvalue weighted by atomic mass is 16.5. The van der Waals surface area contributed by atoms with Crippen LogP contribution in [0, 0.1) is 13.8 Å². The Hall–Kier alpha value is -2.49. The predicted octanol–water partition coefficient (Wildman–Crippen LogP) is 3.07. The first-order valence-corrected chi connectivity index (χ1v) is 6.38. The van der Waals surface area contributed by atoms with E-state index in [4.69, 9.17) is 4.74 Å². The second-order valence-electron chi connectivity index (χ2n) is 4.57. The second-order valence-corrected chi connectivity index (χ2v) is 4.57. The molecule has 0 heterocycles. The molecule has 0 bridgehead atoms. The van der Waals surface area contributed by atoms with Gasteiger partial charge in [-0.15, -0.1) is 0 Å². The summed E-state index contributed by atoms with van der Waals surface area (Å²) in [4.78, 5) is 12.0. The highest BCUT2D eigenvalue weighted by Crippen LogP contribution is 2.18. The maximum atomic E-state index is 12.0. The number of carbonyl (C=O) groups is 1. The molecular weight excluding hydrogens is 252 g/mol. The normalized spacial score (nSPS) is 9.95. The monoisotopic (exact) mass is 270 g/mol. The number of hydrazine groups is 1. The van der Waals surface area contributed by atoms with Gasteiger partial charge in [0.05, 0.1) is 12.8 Å². The SMILES string of the molecule is COc1ccc(C(=O)NNc2c(C)cccc2C)cc1. The maximum absolute atomic E-state index is 12.0. The summed E-state index contributed by atoms with van der Waals surface area (Å²) in [6, 6.07) is 12.9. The van der Waals surface area contributed by atoms with Crippen molar-refractivity contribution in [1.82, 2.24) is 5.43 Å². The third-order valence-electron chi connectivity index (χ3n) is 3.13. The third kappa shape index (κ3) is 3.09. The van der Waals surface area contributed by atoms with Gasteiger partial charge in [0, 0.05) is 5.56 Å². The van der Waals surface area contributed by atoms with E-state index in [1.807, 2.05) is 32.0 Å². The van der Waals surface area contributed by atoms with Gasteiger partial charge in [-0.25, -0.2) is 0 Å². The van der Waals surface area contributed by atoms with Crippen LogP contribution < -0.4 is 15.6 Å². The molecule has 2 N–H and O–H groups in total. The van der Waals surface area contributed by atoms with Gasteiger partial charge in [-0.3, -0.25) is 15.6 Å². The summed E-state index contributed by atoms with van der Waals surface area (Å²) in [6.07, 6.45) is 0. The lowest BCUT2D eigenvalue weighted by Gasteiger charge is -2.13. The number of benzene rings is 2. The summed E-state index contributed by atoms with van der Waals surface area (Å²) in [5, 5.41) is 0. The lowest BCUT2D eigenvalue weighted by Crippen LogP contribution is -2.30. The summed E-state index contributed by atoms with van der Waals surface area (Å²) in [6.45, 7) is 3.99. The molecule has 2 aromatic carbocycles. The van der Waals surface area contributed by atoms with Crippen LogP contribution in [0.2, 0.25) is 0 Å². The molecule has 0 aromatic heterocycles. The Morgan fingerprint density at radius 2 is 1.60 bits per heavy atom. The van der Waals surface area contributed by atoms with Gasteiger partial charge in [-0.1, -0.05) is 18.2 Å². The Labute approximate surface area is 118 Å². The van der Waals surface area contributed by atoms with Crippen LogP contribution in [0.4, 0.5) is 5.69 Å². The van der Waals surface area contributed by atoms with Gasteiger partial charge in [0.15, 0.2) is 0 Å². The number of ether oxygens (including phenoxy) is 1. The molecule has 0 aliphatic carbocycles. The second kappa shape index (κ2) is 6.10. The number of carbonyl (C=O) groups excluding carboxylic acids is 1. The first-order valence-electron chi connectivity index (χ1n) is 6.38. The number of methoxy groups -OCH3 is 1. The van der Waals surface area contributed by atoms with E-state index in [-0.39, 0.29) is 5.91 Å². The van der Waals surface area contributed by atoms with Crippen molar-refractivity contribution in [3.05, 3.63) is 59.2 Å². The Balaban J connectivity index is 2.04. The number of anilines is 1. The molecule has 0 saturated carbocycles. The molecule has 0 saturated heterocycles. The molecule has 2 aromatic rings. The number of hydrogen-bond acceptors (Lipinski definition) is 3. The number of hydrogen-bond donors (Lipinski definition) is 2. The van der Waals surface area contributed by atoms with E-state index in [0.717, 1.165) is 22.6 Å². The van der Waals surface area contributed by atoms with E-state index in [9.17, 15) is 4.79 Å². The fourth-order valence-corrected chi connectivity index (χ4v) is 1.95. The van der Waals surface area contributed by atoms with E-state index in [1.54, 1.807) is 31.4 Å². The number of para-hydroxylation sites is 1. The molecule has 4 nitrogen and oxygen atoms in total. The van der Waals surface area contributed by atoms with E-state index < -0.39 is 0 Å². The van der Waals surface area contributed by atoms with E-state index in [1.165, 1.54) is 0 Å². The molecule has 4 heteroatoms. The van der Waals surface area contributed by atoms with Crippen LogP contribution >= 0.6 is 0 Å². The van der Waals surface area contributed by atoms with Gasteiger partial charge in [-0.2, -0.15) is 0 Å². The van der Waals surface area contributed by atoms with Gasteiger partial charge < -0.3 is 4.74 Å². The predicted molar refractivity (Wildman–Crippen MR) is 80.0 cm³/mol. The third-order valence-corrected chi connectivity index (χ3v) is 3.13. The molecule has 1 amide bonds. The molecular formula is C16H18N2O2. The van der Waals surface area contributed by atoms with E-state index >= 15 is 0 Å². The van der Waals surface area contributed by atoms with E-state index in [0.29, 0.717) is 5.56 Å². The van der Waals surface area contributed by atoms with Crippen LogP contribution in [-0.2, 0) is 0 Å². The average molecular weight is 270 g/mol. The molecule has 0 atom stereocenters. The Kier molecular flexibility index (Phi) is 4.25. The van der Waals surface area contributed by atoms with Crippen LogP contribution in [0.1, 0.15) is 21.5 Å². The van der Waals surface area contributed by atoms with Crippen molar-refractivity contribution < 1.29 is 9.53 Å². The van der Waals surface area contributed by atoms with Gasteiger partial charge in [0.2, 0.25) is 0 Å². The Morgan fingerprint density at radius 1 is 1.00 bits per heavy atom. The standard InChI is InChI=1S/C16H18N2O2/c1-11-5-4-6-12(2)15(11)17-18-16(19)13-7-9-14(20-3)10-8-13/h4-10,17H,1-3H3,(H,18,19). The van der Waals surface area contributed by atoms with Crippen molar-refractivity contribution >= 4 is 11.6 Å². The van der Waals surface area contributed by atoms with Crippen molar-refractivity contribution in [3.8, 4) is 5.75 Å². The molecule has 0 radical (unpaired) electrons. The van der Waals surface area contributed by atoms with Crippen molar-refractivity contribution in [3.63, 3.8) is 0 Å². The molecule has 104 valence electrons. The maximum Gasteiger partial charge on any atom is 0.269 e. The largest absolute Gasteiger partial charge is 0.497 e. The van der Waals surface area contributed by atoms with Gasteiger partial charge in [-0.05, 0) is 49.2 Å². The number of nitrogens with one attached hydrogen (secondary N) is 2. The summed E-state index contributed by atoms with van der Waals surface area (Å²) in [5.41, 5.74) is 9.35. The van der Waals surface area contributed by atoms with Crippen LogP contribution in [0.3, 0.4) is 0 Å². The molecule has 0 unspecified atom stereocenters. The van der Waals surface area contributed by atoms with Crippen LogP contribution in [0.5, 0.6) is 5.75 Å². The fourth-order valence-electron chi connectivity index (χ4n) is 1.95. The first kappa shape index (κ1) is 13.9. The lowest BCUT2D eigenvalue weighted by molar-refractivity contribution is 0.0962. The van der Waals surface area contributed by atoms with Crippen LogP contribution in [0.25, 0.3) is 0 Å². The van der Waals surface area contributed by atoms with Gasteiger partial charge in [0.25, 0.3) is 5.91 Å². The summed E-state index contributed by atoms with van der Waals surface area (Å²) >= 11 is 0. The van der Waals surface area contributed by atoms with Crippen LogP contribution in [0.15, 0.2) is 42.5 Å². The van der Waals surface area contributed by atoms with Gasteiger partial charge >= 0.3 is 0 Å². The summed E-state index contributed by atoms with van der Waals surface area (Å²) in [7, 11) is 1.59. The zero-order valence-corrected chi connectivity index (χ0v) is 11.9. The van der Waals surface area contributed by atoms with Crippen molar-refractivity contribution in [2.24, 2.45) is 0 Å². The Morgan fingerprint density at radius 3 is 2.15 bits per heavy atom. The minimum absolute atomic E-state index is 0.185. The molecule has 0 aliphatic rings. The summed E-state index contributed by atoms with van der Waals surface area (Å²) < 4.78 is 5.06. The number of aryl methyl sites for hydroxylation is 2. The minimum Gasteiger partial charge on any atom is -0.497 e. The summed E-state index contributed by atoms with van der Waals surface area (Å²) in [5.74, 6) is 0.541. The zero-order chi connectivity index (χ0) is 14.5. The topological polar surface area (TPSA) is 50.4 Å². The smallest absolute Gasteiger partial charge is 0.269 e. The minimum atomic E-state index is -0.185. The average Bonchev–Trinajstić information content (AvgIpc) is 2.46. The van der Waals surface area contributed by atoms with Crippen molar-refractivity contribution in [2.45, 2.75) is 13.8 Å². The molecule has 20 heavy (non-hydrogen) atoms. The zero-order valence-electron chi connectivity index (χ0n) is 11.9. The quantitative estimate of drug-likeness (QED) is 0.839. The Bertz CT molecular complexity index is 586. The highest BCUT2D eigenvalue weighted by Gasteiger charge is 2.07. The number of rotatable bonds is 4. The molecule has 0 fully saturated rings. The molecule has 2 rings (SSSR count). The first-order chi connectivity index (χ1) is 9.61. The lowest BCUT2D eigenvalue weighted by atomic mass is 10.1. The van der Waals surface area contributed by atoms with E-state index in [2.05, 4.69) is 10.9 Å². The van der Waals surface area contributed by atoms with Gasteiger partial charge in [0.1, 0.15) is 5.75 Å². The number of amides is 1. The highest BCUT2D eigenvalue weighted by molar-refractivity contribution is 5.95. The van der Waals surface area contributed by atoms with Crippen molar-refractivity contribution in [1.29, 1.82) is 0 Å². The van der Waals surface area contributed by atoms with Crippen molar-refractivity contribution in [2.75, 3.05) is 12.5 Å². The molecule has 0 aliphatic heterocycles. The van der Waals surface area contributed by atoms with Crippen LogP contribution in [-0.4, -0.2) is 13.0 Å².